The molecule has 1 aliphatic rings. The lowest BCUT2D eigenvalue weighted by molar-refractivity contribution is -0.129. The number of amides is 1. The van der Waals surface area contributed by atoms with Crippen molar-refractivity contribution in [3.63, 3.8) is 0 Å². The van der Waals surface area contributed by atoms with E-state index < -0.39 is 0 Å². The fraction of sp³-hybridized carbons (Fsp3) is 0.929. The van der Waals surface area contributed by atoms with Gasteiger partial charge in [0, 0.05) is 12.0 Å². The summed E-state index contributed by atoms with van der Waals surface area (Å²) in [7, 11) is 0. The molecule has 0 saturated heterocycles. The van der Waals surface area contributed by atoms with E-state index in [4.69, 9.17) is 0 Å². The fourth-order valence-corrected chi connectivity index (χ4v) is 1.93. The van der Waals surface area contributed by atoms with Crippen LogP contribution >= 0.6 is 0 Å². The van der Waals surface area contributed by atoms with Gasteiger partial charge in [-0.15, -0.1) is 0 Å². The number of hydrogen-bond acceptors (Lipinski definition) is 1. The van der Waals surface area contributed by atoms with Crippen LogP contribution in [0.15, 0.2) is 0 Å². The molecule has 1 atom stereocenters. The molecule has 1 aliphatic carbocycles. The van der Waals surface area contributed by atoms with E-state index in [1.54, 1.807) is 0 Å². The average molecular weight is 225 g/mol. The van der Waals surface area contributed by atoms with Gasteiger partial charge in [-0.3, -0.25) is 4.79 Å². The molecule has 0 unspecified atom stereocenters. The molecule has 2 nitrogen and oxygen atoms in total. The summed E-state index contributed by atoms with van der Waals surface area (Å²) < 4.78 is 0. The molecule has 0 aromatic heterocycles. The molecule has 1 fully saturated rings. The lowest BCUT2D eigenvalue weighted by Gasteiger charge is -2.34. The van der Waals surface area contributed by atoms with E-state index in [2.05, 4.69) is 46.9 Å². The van der Waals surface area contributed by atoms with Crippen LogP contribution in [0.25, 0.3) is 0 Å². The molecule has 0 heterocycles. The minimum atomic E-state index is 0.0479. The maximum Gasteiger partial charge on any atom is 0.223 e. The summed E-state index contributed by atoms with van der Waals surface area (Å²) in [4.78, 5) is 12.2. The molecule has 0 bridgehead atoms. The number of carbonyl (C=O) groups excluding carboxylic acids is 1. The highest BCUT2D eigenvalue weighted by Gasteiger charge is 2.36. The molecular formula is C14H27NO. The fourth-order valence-electron chi connectivity index (χ4n) is 1.93. The van der Waals surface area contributed by atoms with Gasteiger partial charge in [0.1, 0.15) is 0 Å². The molecule has 0 aromatic rings. The SMILES string of the molecule is CC(C)(C)C[C@@H](C(=O)NC1CC1)C(C)(C)C. The first-order valence-electron chi connectivity index (χ1n) is 6.40. The van der Waals surface area contributed by atoms with Crippen molar-refractivity contribution >= 4 is 5.91 Å². The monoisotopic (exact) mass is 225 g/mol. The van der Waals surface area contributed by atoms with Crippen molar-refractivity contribution < 1.29 is 4.79 Å². The number of carbonyl (C=O) groups is 1. The Morgan fingerprint density at radius 2 is 1.69 bits per heavy atom. The van der Waals surface area contributed by atoms with Gasteiger partial charge in [-0.1, -0.05) is 41.5 Å². The Morgan fingerprint density at radius 1 is 1.19 bits per heavy atom. The van der Waals surface area contributed by atoms with Crippen LogP contribution in [0, 0.1) is 16.7 Å². The Bertz CT molecular complexity index is 253. The standard InChI is InChI=1S/C14H27NO/c1-13(2,3)9-11(14(4,5)6)12(16)15-10-7-8-10/h10-11H,7-9H2,1-6H3,(H,15,16)/t11-/m0/s1. The molecule has 1 saturated carbocycles. The molecule has 1 rings (SSSR count). The summed E-state index contributed by atoms with van der Waals surface area (Å²) in [6.45, 7) is 13.1. The third-order valence-electron chi connectivity index (χ3n) is 3.10. The van der Waals surface area contributed by atoms with E-state index >= 15 is 0 Å². The number of hydrogen-bond donors (Lipinski definition) is 1. The summed E-state index contributed by atoms with van der Waals surface area (Å²) in [5.74, 6) is 0.373. The van der Waals surface area contributed by atoms with Gasteiger partial charge in [0.25, 0.3) is 0 Å². The first-order valence-corrected chi connectivity index (χ1v) is 6.40. The van der Waals surface area contributed by atoms with Crippen LogP contribution in [0.2, 0.25) is 0 Å². The normalized spacial score (nSPS) is 19.4. The third-order valence-corrected chi connectivity index (χ3v) is 3.10. The largest absolute Gasteiger partial charge is 0.353 e. The van der Waals surface area contributed by atoms with Crippen LogP contribution in [-0.4, -0.2) is 11.9 Å². The molecular weight excluding hydrogens is 198 g/mol. The van der Waals surface area contributed by atoms with E-state index in [0.29, 0.717) is 6.04 Å². The smallest absolute Gasteiger partial charge is 0.223 e. The van der Waals surface area contributed by atoms with Gasteiger partial charge in [0.2, 0.25) is 5.91 Å². The van der Waals surface area contributed by atoms with Gasteiger partial charge in [-0.2, -0.15) is 0 Å². The average Bonchev–Trinajstić information content (AvgIpc) is 2.80. The van der Waals surface area contributed by atoms with Crippen molar-refractivity contribution in [2.75, 3.05) is 0 Å². The van der Waals surface area contributed by atoms with Crippen LogP contribution in [0.4, 0.5) is 0 Å². The molecule has 16 heavy (non-hydrogen) atoms. The van der Waals surface area contributed by atoms with E-state index in [-0.39, 0.29) is 22.7 Å². The molecule has 1 amide bonds. The minimum Gasteiger partial charge on any atom is -0.353 e. The molecule has 1 N–H and O–H groups in total. The Morgan fingerprint density at radius 3 is 2.00 bits per heavy atom. The van der Waals surface area contributed by atoms with Crippen LogP contribution < -0.4 is 5.32 Å². The van der Waals surface area contributed by atoms with Crippen LogP contribution in [-0.2, 0) is 4.79 Å². The van der Waals surface area contributed by atoms with Gasteiger partial charge in [-0.05, 0) is 30.1 Å². The first-order chi connectivity index (χ1) is 7.09. The maximum absolute atomic E-state index is 12.2. The van der Waals surface area contributed by atoms with Gasteiger partial charge in [0.05, 0.1) is 0 Å². The van der Waals surface area contributed by atoms with E-state index in [1.807, 2.05) is 0 Å². The zero-order chi connectivity index (χ0) is 12.6. The highest BCUT2D eigenvalue weighted by molar-refractivity contribution is 5.80. The maximum atomic E-state index is 12.2. The van der Waals surface area contributed by atoms with E-state index in [9.17, 15) is 4.79 Å². The molecule has 94 valence electrons. The Kier molecular flexibility index (Phi) is 3.71. The number of rotatable bonds is 3. The van der Waals surface area contributed by atoms with Gasteiger partial charge in [-0.25, -0.2) is 0 Å². The lowest BCUT2D eigenvalue weighted by Crippen LogP contribution is -2.40. The highest BCUT2D eigenvalue weighted by Crippen LogP contribution is 2.36. The zero-order valence-electron chi connectivity index (χ0n) is 11.7. The second kappa shape index (κ2) is 4.38. The Balaban J connectivity index is 2.66. The zero-order valence-corrected chi connectivity index (χ0v) is 11.7. The summed E-state index contributed by atoms with van der Waals surface area (Å²) in [5, 5.41) is 3.14. The summed E-state index contributed by atoms with van der Waals surface area (Å²) in [6, 6.07) is 0.470. The van der Waals surface area contributed by atoms with Gasteiger partial charge in [0.15, 0.2) is 0 Å². The predicted molar refractivity (Wildman–Crippen MR) is 68.2 cm³/mol. The summed E-state index contributed by atoms with van der Waals surface area (Å²) in [5.41, 5.74) is 0.255. The van der Waals surface area contributed by atoms with Crippen LogP contribution in [0.5, 0.6) is 0 Å². The third kappa shape index (κ3) is 4.54. The topological polar surface area (TPSA) is 29.1 Å². The first kappa shape index (κ1) is 13.5. The van der Waals surface area contributed by atoms with Crippen LogP contribution in [0.1, 0.15) is 60.8 Å². The van der Waals surface area contributed by atoms with Crippen molar-refractivity contribution in [2.24, 2.45) is 16.7 Å². The van der Waals surface area contributed by atoms with Crippen molar-refractivity contribution in [3.05, 3.63) is 0 Å². The van der Waals surface area contributed by atoms with Gasteiger partial charge < -0.3 is 5.32 Å². The van der Waals surface area contributed by atoms with Crippen molar-refractivity contribution in [1.82, 2.24) is 5.32 Å². The molecule has 0 aliphatic heterocycles. The summed E-state index contributed by atoms with van der Waals surface area (Å²) in [6.07, 6.45) is 3.28. The second-order valence-electron chi connectivity index (χ2n) is 7.47. The highest BCUT2D eigenvalue weighted by atomic mass is 16.2. The Hall–Kier alpha value is -0.530. The van der Waals surface area contributed by atoms with Crippen molar-refractivity contribution in [1.29, 1.82) is 0 Å². The predicted octanol–water partition coefficient (Wildman–Crippen LogP) is 3.36. The van der Waals surface area contributed by atoms with Crippen LogP contribution in [0.3, 0.4) is 0 Å². The molecule has 0 aromatic carbocycles. The summed E-state index contributed by atoms with van der Waals surface area (Å²) >= 11 is 0. The molecule has 0 radical (unpaired) electrons. The quantitative estimate of drug-likeness (QED) is 0.784. The Labute approximate surface area is 100 Å². The molecule has 0 spiro atoms. The van der Waals surface area contributed by atoms with E-state index in [0.717, 1.165) is 19.3 Å². The molecule has 2 heteroatoms. The van der Waals surface area contributed by atoms with Crippen molar-refractivity contribution in [3.8, 4) is 0 Å². The number of nitrogens with one attached hydrogen (secondary N) is 1. The minimum absolute atomic E-state index is 0.0479. The lowest BCUT2D eigenvalue weighted by atomic mass is 9.71. The van der Waals surface area contributed by atoms with E-state index in [1.165, 1.54) is 0 Å². The van der Waals surface area contributed by atoms with Gasteiger partial charge >= 0.3 is 0 Å². The van der Waals surface area contributed by atoms with Crippen molar-refractivity contribution in [2.45, 2.75) is 66.8 Å². The second-order valence-corrected chi connectivity index (χ2v) is 7.47.